The average Bonchev–Trinajstić information content (AvgIpc) is 2.44. The fourth-order valence-electron chi connectivity index (χ4n) is 2.02. The van der Waals surface area contributed by atoms with Crippen LogP contribution in [0.4, 0.5) is 4.39 Å². The van der Waals surface area contributed by atoms with Crippen LogP contribution < -0.4 is 5.32 Å². The lowest BCUT2D eigenvalue weighted by Gasteiger charge is -2.19. The van der Waals surface area contributed by atoms with Gasteiger partial charge in [-0.1, -0.05) is 25.1 Å². The van der Waals surface area contributed by atoms with Crippen LogP contribution in [0.15, 0.2) is 42.6 Å². The summed E-state index contributed by atoms with van der Waals surface area (Å²) in [5.41, 5.74) is 2.49. The number of aryl methyl sites for hydroxylation is 1. The van der Waals surface area contributed by atoms with Crippen LogP contribution in [0.5, 0.6) is 0 Å². The first kappa shape index (κ1) is 13.7. The molecule has 0 saturated heterocycles. The second kappa shape index (κ2) is 6.43. The van der Waals surface area contributed by atoms with E-state index in [0.29, 0.717) is 5.56 Å². The van der Waals surface area contributed by atoms with Crippen molar-refractivity contribution in [3.63, 3.8) is 0 Å². The zero-order valence-electron chi connectivity index (χ0n) is 11.4. The number of hydrogen-bond donors (Lipinski definition) is 1. The van der Waals surface area contributed by atoms with Crippen molar-refractivity contribution in [1.29, 1.82) is 0 Å². The molecule has 0 fully saturated rings. The van der Waals surface area contributed by atoms with Gasteiger partial charge in [-0.25, -0.2) is 4.39 Å². The van der Waals surface area contributed by atoms with Gasteiger partial charge in [-0.3, -0.25) is 4.98 Å². The third-order valence-electron chi connectivity index (χ3n) is 3.11. The van der Waals surface area contributed by atoms with E-state index in [-0.39, 0.29) is 11.9 Å². The summed E-state index contributed by atoms with van der Waals surface area (Å²) >= 11 is 0. The van der Waals surface area contributed by atoms with Gasteiger partial charge in [0.2, 0.25) is 0 Å². The van der Waals surface area contributed by atoms with Gasteiger partial charge in [-0.15, -0.1) is 0 Å². The van der Waals surface area contributed by atoms with Crippen molar-refractivity contribution in [3.8, 4) is 0 Å². The highest BCUT2D eigenvalue weighted by molar-refractivity contribution is 5.31. The molecule has 19 heavy (non-hydrogen) atoms. The molecule has 1 atom stereocenters. The van der Waals surface area contributed by atoms with Gasteiger partial charge in [0.1, 0.15) is 5.82 Å². The van der Waals surface area contributed by atoms with Crippen molar-refractivity contribution < 1.29 is 4.39 Å². The molecule has 0 spiro atoms. The molecule has 1 aromatic heterocycles. The molecular formula is C16H19FN2. The summed E-state index contributed by atoms with van der Waals surface area (Å²) in [6.45, 7) is 4.75. The molecule has 0 aliphatic rings. The van der Waals surface area contributed by atoms with E-state index in [1.807, 2.05) is 30.3 Å². The minimum atomic E-state index is -0.170. The summed E-state index contributed by atoms with van der Waals surface area (Å²) in [5.74, 6) is -0.170. The van der Waals surface area contributed by atoms with Crippen LogP contribution in [0, 0.1) is 12.7 Å². The maximum Gasteiger partial charge on any atom is 0.126 e. The molecule has 0 saturated carbocycles. The number of hydrogen-bond acceptors (Lipinski definition) is 2. The molecule has 2 rings (SSSR count). The molecule has 2 aromatic rings. The van der Waals surface area contributed by atoms with Crippen LogP contribution in [0.2, 0.25) is 0 Å². The largest absolute Gasteiger partial charge is 0.305 e. The number of nitrogens with zero attached hydrogens (tertiary/aromatic N) is 1. The summed E-state index contributed by atoms with van der Waals surface area (Å²) < 4.78 is 13.7. The first-order chi connectivity index (χ1) is 9.22. The fourth-order valence-corrected chi connectivity index (χ4v) is 2.02. The van der Waals surface area contributed by atoms with Crippen LogP contribution in [0.1, 0.15) is 36.2 Å². The number of rotatable bonds is 5. The normalized spacial score (nSPS) is 12.4. The second-order valence-corrected chi connectivity index (χ2v) is 4.65. The molecule has 0 aliphatic carbocycles. The molecule has 3 heteroatoms. The zero-order chi connectivity index (χ0) is 13.7. The van der Waals surface area contributed by atoms with Crippen molar-refractivity contribution in [2.45, 2.75) is 26.3 Å². The van der Waals surface area contributed by atoms with Gasteiger partial charge in [0.05, 0.1) is 11.7 Å². The molecule has 1 heterocycles. The third-order valence-corrected chi connectivity index (χ3v) is 3.11. The van der Waals surface area contributed by atoms with Crippen molar-refractivity contribution in [3.05, 3.63) is 65.2 Å². The average molecular weight is 258 g/mol. The molecule has 100 valence electrons. The van der Waals surface area contributed by atoms with Crippen molar-refractivity contribution >= 4 is 0 Å². The van der Waals surface area contributed by atoms with E-state index in [9.17, 15) is 4.39 Å². The van der Waals surface area contributed by atoms with Crippen LogP contribution in [0.3, 0.4) is 0 Å². The van der Waals surface area contributed by atoms with E-state index < -0.39 is 0 Å². The number of halogens is 1. The number of benzene rings is 1. The molecule has 1 N–H and O–H groups in total. The van der Waals surface area contributed by atoms with E-state index in [4.69, 9.17) is 0 Å². The van der Waals surface area contributed by atoms with Crippen LogP contribution >= 0.6 is 0 Å². The Labute approximate surface area is 113 Å². The van der Waals surface area contributed by atoms with Gasteiger partial charge in [0, 0.05) is 6.20 Å². The van der Waals surface area contributed by atoms with Crippen molar-refractivity contribution in [2.24, 2.45) is 0 Å². The van der Waals surface area contributed by atoms with E-state index in [0.717, 1.165) is 24.2 Å². The molecule has 1 unspecified atom stereocenters. The van der Waals surface area contributed by atoms with Crippen molar-refractivity contribution in [2.75, 3.05) is 6.54 Å². The Hall–Kier alpha value is -1.74. The lowest BCUT2D eigenvalue weighted by molar-refractivity contribution is 0.574. The van der Waals surface area contributed by atoms with E-state index in [2.05, 4.69) is 17.2 Å². The summed E-state index contributed by atoms with van der Waals surface area (Å²) in [6, 6.07) is 11.1. The Morgan fingerprint density at radius 3 is 2.74 bits per heavy atom. The highest BCUT2D eigenvalue weighted by Gasteiger charge is 2.15. The molecule has 0 aliphatic heterocycles. The highest BCUT2D eigenvalue weighted by atomic mass is 19.1. The van der Waals surface area contributed by atoms with Gasteiger partial charge < -0.3 is 5.32 Å². The lowest BCUT2D eigenvalue weighted by atomic mass is 10.0. The van der Waals surface area contributed by atoms with Gasteiger partial charge in [0.15, 0.2) is 0 Å². The second-order valence-electron chi connectivity index (χ2n) is 4.65. The van der Waals surface area contributed by atoms with Gasteiger partial charge >= 0.3 is 0 Å². The maximum atomic E-state index is 13.7. The molecule has 2 nitrogen and oxygen atoms in total. The van der Waals surface area contributed by atoms with Crippen LogP contribution in [-0.2, 0) is 0 Å². The van der Waals surface area contributed by atoms with Gasteiger partial charge in [-0.2, -0.15) is 0 Å². The van der Waals surface area contributed by atoms with E-state index in [1.54, 1.807) is 19.2 Å². The van der Waals surface area contributed by atoms with Gasteiger partial charge in [0.25, 0.3) is 0 Å². The monoisotopic (exact) mass is 258 g/mol. The maximum absolute atomic E-state index is 13.7. The third kappa shape index (κ3) is 3.38. The fraction of sp³-hybridized carbons (Fsp3) is 0.312. The van der Waals surface area contributed by atoms with Gasteiger partial charge in [-0.05, 0) is 49.2 Å². The number of pyridine rings is 1. The number of aromatic nitrogens is 1. The molecule has 0 amide bonds. The topological polar surface area (TPSA) is 24.9 Å². The predicted octanol–water partition coefficient (Wildman–Crippen LogP) is 3.62. The first-order valence-electron chi connectivity index (χ1n) is 6.62. The van der Waals surface area contributed by atoms with Crippen LogP contribution in [0.25, 0.3) is 0 Å². The summed E-state index contributed by atoms with van der Waals surface area (Å²) in [4.78, 5) is 4.38. The molecule has 0 radical (unpaired) electrons. The highest BCUT2D eigenvalue weighted by Crippen LogP contribution is 2.22. The SMILES string of the molecule is CCCNC(c1ccc(C)c(F)c1)c1ccccn1. The first-order valence-corrected chi connectivity index (χ1v) is 6.62. The Bertz CT molecular complexity index is 526. The Morgan fingerprint density at radius 2 is 2.11 bits per heavy atom. The quantitative estimate of drug-likeness (QED) is 0.886. The predicted molar refractivity (Wildman–Crippen MR) is 75.5 cm³/mol. The van der Waals surface area contributed by atoms with E-state index >= 15 is 0 Å². The summed E-state index contributed by atoms with van der Waals surface area (Å²) in [6.07, 6.45) is 2.79. The zero-order valence-corrected chi connectivity index (χ0v) is 11.4. The summed E-state index contributed by atoms with van der Waals surface area (Å²) in [5, 5.41) is 3.42. The van der Waals surface area contributed by atoms with E-state index in [1.165, 1.54) is 0 Å². The standard InChI is InChI=1S/C16H19FN2/c1-3-9-19-16(15-6-4-5-10-18-15)13-8-7-12(2)14(17)11-13/h4-8,10-11,16,19H,3,9H2,1-2H3. The summed E-state index contributed by atoms with van der Waals surface area (Å²) in [7, 11) is 0. The van der Waals surface area contributed by atoms with Crippen LogP contribution in [-0.4, -0.2) is 11.5 Å². The molecule has 1 aromatic carbocycles. The Morgan fingerprint density at radius 1 is 1.26 bits per heavy atom. The lowest BCUT2D eigenvalue weighted by Crippen LogP contribution is -2.24. The minimum absolute atomic E-state index is 0.0590. The molecule has 0 bridgehead atoms. The Balaban J connectivity index is 2.34. The minimum Gasteiger partial charge on any atom is -0.305 e. The molecular weight excluding hydrogens is 239 g/mol. The number of nitrogens with one attached hydrogen (secondary N) is 1. The van der Waals surface area contributed by atoms with Crippen molar-refractivity contribution in [1.82, 2.24) is 10.3 Å². The smallest absolute Gasteiger partial charge is 0.126 e. The Kier molecular flexibility index (Phi) is 4.63.